The molecule has 1 heteroatoms. The molecule has 0 aliphatic rings. The van der Waals surface area contributed by atoms with Crippen LogP contribution in [0.1, 0.15) is 187 Å². The number of unbranched alkanes of at least 4 members (excludes halogenated alkanes) is 27. The van der Waals surface area contributed by atoms with E-state index in [2.05, 4.69) is 6.92 Å². The lowest BCUT2D eigenvalue weighted by molar-refractivity contribution is 0.262. The Hall–Kier alpha value is -0.0400. The number of rotatable bonds is 29. The van der Waals surface area contributed by atoms with E-state index in [0.717, 1.165) is 6.42 Å². The molecule has 0 atom stereocenters. The Morgan fingerprint density at radius 3 is 0.781 bits per heavy atom. The molecular formula is C31H63O. The van der Waals surface area contributed by atoms with E-state index < -0.39 is 0 Å². The van der Waals surface area contributed by atoms with Crippen LogP contribution >= 0.6 is 0 Å². The molecule has 193 valence electrons. The van der Waals surface area contributed by atoms with Gasteiger partial charge in [0.25, 0.3) is 0 Å². The fraction of sp³-hybridized carbons (Fsp3) is 0.968. The molecule has 1 radical (unpaired) electrons. The van der Waals surface area contributed by atoms with Gasteiger partial charge in [-0.15, -0.1) is 0 Å². The largest absolute Gasteiger partial charge is 0.379 e. The summed E-state index contributed by atoms with van der Waals surface area (Å²) in [5, 5.41) is 0. The van der Waals surface area contributed by atoms with Gasteiger partial charge >= 0.3 is 0 Å². The van der Waals surface area contributed by atoms with E-state index in [1.54, 1.807) is 7.11 Å². The summed E-state index contributed by atoms with van der Waals surface area (Å²) >= 11 is 0. The lowest BCUT2D eigenvalue weighted by atomic mass is 10.0. The van der Waals surface area contributed by atoms with Gasteiger partial charge in [0.15, 0.2) is 0 Å². The van der Waals surface area contributed by atoms with Crippen LogP contribution in [0.15, 0.2) is 0 Å². The molecule has 0 spiro atoms. The zero-order valence-electron chi connectivity index (χ0n) is 22.8. The first-order valence-electron chi connectivity index (χ1n) is 15.3. The van der Waals surface area contributed by atoms with Gasteiger partial charge in [-0.2, -0.15) is 0 Å². The van der Waals surface area contributed by atoms with Gasteiger partial charge in [0.05, 0.1) is 6.61 Å². The molecule has 0 aliphatic carbocycles. The van der Waals surface area contributed by atoms with Gasteiger partial charge < -0.3 is 4.74 Å². The topological polar surface area (TPSA) is 9.23 Å². The molecule has 1 nitrogen and oxygen atoms in total. The zero-order chi connectivity index (χ0) is 23.2. The minimum absolute atomic E-state index is 1.12. The van der Waals surface area contributed by atoms with Crippen LogP contribution in [0, 0.1) is 6.61 Å². The molecule has 0 fully saturated rings. The van der Waals surface area contributed by atoms with Gasteiger partial charge in [-0.05, 0) is 6.42 Å². The van der Waals surface area contributed by atoms with Crippen LogP contribution in [-0.4, -0.2) is 7.11 Å². The van der Waals surface area contributed by atoms with Crippen molar-refractivity contribution in [1.29, 1.82) is 0 Å². The fourth-order valence-electron chi connectivity index (χ4n) is 4.84. The van der Waals surface area contributed by atoms with Gasteiger partial charge in [0.1, 0.15) is 0 Å². The van der Waals surface area contributed by atoms with E-state index in [4.69, 9.17) is 4.74 Å². The summed E-state index contributed by atoms with van der Waals surface area (Å²) in [5.41, 5.74) is 0. The summed E-state index contributed by atoms with van der Waals surface area (Å²) in [6.07, 6.45) is 40.5. The number of methoxy groups -OCH3 is 1. The first-order valence-corrected chi connectivity index (χ1v) is 15.3. The summed E-state index contributed by atoms with van der Waals surface area (Å²) in [6, 6.07) is 0. The Balaban J connectivity index is 2.98. The molecule has 0 rings (SSSR count). The van der Waals surface area contributed by atoms with Crippen molar-refractivity contribution in [3.8, 4) is 0 Å². The van der Waals surface area contributed by atoms with E-state index in [0.29, 0.717) is 0 Å². The lowest BCUT2D eigenvalue weighted by Crippen LogP contribution is -1.85. The second-order valence-corrected chi connectivity index (χ2v) is 10.4. The zero-order valence-corrected chi connectivity index (χ0v) is 22.8. The Kier molecular flexibility index (Phi) is 30.9. The van der Waals surface area contributed by atoms with Crippen molar-refractivity contribution in [1.82, 2.24) is 0 Å². The smallest absolute Gasteiger partial charge is 0.0832 e. The number of ether oxygens (including phenoxy) is 1. The van der Waals surface area contributed by atoms with Crippen LogP contribution < -0.4 is 0 Å². The summed E-state index contributed by atoms with van der Waals surface area (Å²) in [7, 11) is 1.75. The molecule has 0 aromatic carbocycles. The Morgan fingerprint density at radius 2 is 0.562 bits per heavy atom. The molecule has 0 saturated heterocycles. The molecule has 0 bridgehead atoms. The van der Waals surface area contributed by atoms with E-state index >= 15 is 0 Å². The van der Waals surface area contributed by atoms with E-state index in [1.165, 1.54) is 173 Å². The van der Waals surface area contributed by atoms with Crippen molar-refractivity contribution in [2.24, 2.45) is 0 Å². The third-order valence-corrected chi connectivity index (χ3v) is 7.09. The lowest BCUT2D eigenvalue weighted by Gasteiger charge is -2.04. The van der Waals surface area contributed by atoms with Crippen molar-refractivity contribution in [3.05, 3.63) is 6.61 Å². The van der Waals surface area contributed by atoms with Crippen molar-refractivity contribution >= 4 is 0 Å². The number of hydrogen-bond donors (Lipinski definition) is 0. The highest BCUT2D eigenvalue weighted by Crippen LogP contribution is 2.16. The summed E-state index contributed by atoms with van der Waals surface area (Å²) in [6.45, 7) is 4.23. The average molecular weight is 452 g/mol. The highest BCUT2D eigenvalue weighted by Gasteiger charge is 1.96. The van der Waals surface area contributed by atoms with Gasteiger partial charge in [0.2, 0.25) is 0 Å². The second kappa shape index (κ2) is 31.0. The average Bonchev–Trinajstić information content (AvgIpc) is 2.81. The minimum atomic E-state index is 1.12. The highest BCUT2D eigenvalue weighted by molar-refractivity contribution is 4.53. The van der Waals surface area contributed by atoms with Crippen molar-refractivity contribution in [3.63, 3.8) is 0 Å². The molecule has 0 aliphatic heterocycles. The third-order valence-electron chi connectivity index (χ3n) is 7.09. The van der Waals surface area contributed by atoms with Gasteiger partial charge in [0, 0.05) is 7.11 Å². The third kappa shape index (κ3) is 30.0. The first kappa shape index (κ1) is 32.0. The maximum Gasteiger partial charge on any atom is 0.0832 e. The molecule has 0 saturated carbocycles. The van der Waals surface area contributed by atoms with Crippen LogP contribution in [0.2, 0.25) is 0 Å². The molecule has 0 unspecified atom stereocenters. The summed E-state index contributed by atoms with van der Waals surface area (Å²) < 4.78 is 4.98. The molecule has 0 amide bonds. The predicted octanol–water partition coefficient (Wildman–Crippen LogP) is 11.7. The fourth-order valence-corrected chi connectivity index (χ4v) is 4.84. The maximum atomic E-state index is 4.98. The van der Waals surface area contributed by atoms with E-state index in [1.807, 2.05) is 6.61 Å². The van der Waals surface area contributed by atoms with Gasteiger partial charge in [-0.1, -0.05) is 180 Å². The standard InChI is InChI=1S/C31H63O/c1-3-4-5-6-7-8-9-10-11-12-13-14-15-16-17-18-19-20-21-22-23-24-25-26-27-28-29-30-31-32-2/h31H,3-30H2,1-2H3. The second-order valence-electron chi connectivity index (χ2n) is 10.4. The maximum absolute atomic E-state index is 4.98. The van der Waals surface area contributed by atoms with E-state index in [-0.39, 0.29) is 0 Å². The molecule has 0 heterocycles. The van der Waals surface area contributed by atoms with Gasteiger partial charge in [-0.3, -0.25) is 0 Å². The Morgan fingerprint density at radius 1 is 0.344 bits per heavy atom. The van der Waals surface area contributed by atoms with Crippen LogP contribution in [0.25, 0.3) is 0 Å². The molecular weight excluding hydrogens is 388 g/mol. The van der Waals surface area contributed by atoms with E-state index in [9.17, 15) is 0 Å². The van der Waals surface area contributed by atoms with Crippen LogP contribution in [-0.2, 0) is 4.74 Å². The molecule has 0 aromatic rings. The molecule has 0 aromatic heterocycles. The van der Waals surface area contributed by atoms with Crippen LogP contribution in [0.5, 0.6) is 0 Å². The highest BCUT2D eigenvalue weighted by atomic mass is 16.5. The Bertz CT molecular complexity index is 271. The van der Waals surface area contributed by atoms with Gasteiger partial charge in [-0.25, -0.2) is 0 Å². The summed E-state index contributed by atoms with van der Waals surface area (Å²) in [4.78, 5) is 0. The summed E-state index contributed by atoms with van der Waals surface area (Å²) in [5.74, 6) is 0. The Labute approximate surface area is 205 Å². The SMILES string of the molecule is CCCCCCCCCCCCCCCCCCCCCCCCCCCCC[CH]OC. The quantitative estimate of drug-likeness (QED) is 0.103. The molecule has 0 N–H and O–H groups in total. The first-order chi connectivity index (χ1) is 15.9. The van der Waals surface area contributed by atoms with Crippen molar-refractivity contribution < 1.29 is 4.74 Å². The van der Waals surface area contributed by atoms with Crippen molar-refractivity contribution in [2.75, 3.05) is 7.11 Å². The monoisotopic (exact) mass is 451 g/mol. The van der Waals surface area contributed by atoms with Crippen LogP contribution in [0.3, 0.4) is 0 Å². The normalized spacial score (nSPS) is 11.4. The molecule has 32 heavy (non-hydrogen) atoms. The minimum Gasteiger partial charge on any atom is -0.379 e. The van der Waals surface area contributed by atoms with Crippen LogP contribution in [0.4, 0.5) is 0 Å². The number of hydrogen-bond acceptors (Lipinski definition) is 1. The predicted molar refractivity (Wildman–Crippen MR) is 146 cm³/mol. The van der Waals surface area contributed by atoms with Crippen molar-refractivity contribution in [2.45, 2.75) is 187 Å².